The van der Waals surface area contributed by atoms with Crippen LogP contribution in [-0.4, -0.2) is 23.9 Å². The Morgan fingerprint density at radius 2 is 2.16 bits per heavy atom. The highest BCUT2D eigenvalue weighted by Gasteiger charge is 2.25. The zero-order chi connectivity index (χ0) is 14.0. The van der Waals surface area contributed by atoms with E-state index in [0.29, 0.717) is 23.0 Å². The Morgan fingerprint density at radius 1 is 1.42 bits per heavy atom. The van der Waals surface area contributed by atoms with Gasteiger partial charge in [-0.05, 0) is 24.1 Å². The van der Waals surface area contributed by atoms with E-state index in [4.69, 9.17) is 28.9 Å². The van der Waals surface area contributed by atoms with Gasteiger partial charge in [0.05, 0.1) is 5.92 Å². The van der Waals surface area contributed by atoms with Gasteiger partial charge in [-0.2, -0.15) is 0 Å². The molecule has 1 aromatic rings. The summed E-state index contributed by atoms with van der Waals surface area (Å²) in [6, 6.07) is 5.28. The number of hydrogen-bond acceptors (Lipinski definition) is 2. The lowest BCUT2D eigenvalue weighted by molar-refractivity contribution is -0.133. The van der Waals surface area contributed by atoms with Gasteiger partial charge < -0.3 is 10.6 Å². The second kappa shape index (κ2) is 5.95. The van der Waals surface area contributed by atoms with Crippen LogP contribution < -0.4 is 5.73 Å². The van der Waals surface area contributed by atoms with Gasteiger partial charge in [0.15, 0.2) is 0 Å². The summed E-state index contributed by atoms with van der Waals surface area (Å²) in [4.78, 5) is 13.9. The van der Waals surface area contributed by atoms with Gasteiger partial charge in [-0.15, -0.1) is 0 Å². The Morgan fingerprint density at radius 3 is 2.74 bits per heavy atom. The average Bonchev–Trinajstić information content (AvgIpc) is 2.78. The molecule has 1 amide bonds. The Hall–Kier alpha value is -1.03. The van der Waals surface area contributed by atoms with Crippen LogP contribution >= 0.6 is 23.2 Å². The zero-order valence-corrected chi connectivity index (χ0v) is 12.2. The maximum absolute atomic E-state index is 12.2. The SMILES string of the molecule is CN(Cc1ccc(Cl)cc1Cl)C(=O)C1C=CC(N)C1. The van der Waals surface area contributed by atoms with Crippen molar-refractivity contribution in [3.8, 4) is 0 Å². The predicted octanol–water partition coefficient (Wildman–Crippen LogP) is 2.86. The quantitative estimate of drug-likeness (QED) is 0.872. The zero-order valence-electron chi connectivity index (χ0n) is 10.6. The van der Waals surface area contributed by atoms with Gasteiger partial charge in [0.25, 0.3) is 0 Å². The van der Waals surface area contributed by atoms with E-state index in [9.17, 15) is 4.79 Å². The Balaban J connectivity index is 2.02. The largest absolute Gasteiger partial charge is 0.341 e. The average molecular weight is 299 g/mol. The molecule has 2 unspecified atom stereocenters. The van der Waals surface area contributed by atoms with Gasteiger partial charge in [0.2, 0.25) is 5.91 Å². The van der Waals surface area contributed by atoms with Gasteiger partial charge in [-0.3, -0.25) is 4.79 Å². The molecule has 0 fully saturated rings. The number of amides is 1. The molecule has 2 rings (SSSR count). The predicted molar refractivity (Wildman–Crippen MR) is 78.2 cm³/mol. The summed E-state index contributed by atoms with van der Waals surface area (Å²) in [5.74, 6) is -0.0544. The van der Waals surface area contributed by atoms with Crippen molar-refractivity contribution in [1.29, 1.82) is 0 Å². The molecule has 102 valence electrons. The molecule has 0 aliphatic heterocycles. The molecule has 0 bridgehead atoms. The second-order valence-electron chi connectivity index (χ2n) is 4.82. The van der Waals surface area contributed by atoms with Crippen LogP contribution in [-0.2, 0) is 11.3 Å². The van der Waals surface area contributed by atoms with Crippen LogP contribution in [0.4, 0.5) is 0 Å². The van der Waals surface area contributed by atoms with E-state index in [-0.39, 0.29) is 17.9 Å². The number of nitrogens with two attached hydrogens (primary N) is 1. The number of rotatable bonds is 3. The Bertz CT molecular complexity index is 516. The summed E-state index contributed by atoms with van der Waals surface area (Å²) in [6.07, 6.45) is 4.44. The van der Waals surface area contributed by atoms with E-state index < -0.39 is 0 Å². The fraction of sp³-hybridized carbons (Fsp3) is 0.357. The summed E-state index contributed by atoms with van der Waals surface area (Å²) in [5.41, 5.74) is 6.65. The number of carbonyl (C=O) groups excluding carboxylic acids is 1. The van der Waals surface area contributed by atoms with E-state index in [1.54, 1.807) is 24.1 Å². The lowest BCUT2D eigenvalue weighted by atomic mass is 10.1. The van der Waals surface area contributed by atoms with Gasteiger partial charge in [0, 0.05) is 29.7 Å². The molecule has 0 saturated heterocycles. The standard InChI is InChI=1S/C14H16Cl2N2O/c1-18(14(19)9-3-5-12(17)6-9)8-10-2-4-11(15)7-13(10)16/h2-5,7,9,12H,6,8,17H2,1H3. The van der Waals surface area contributed by atoms with Gasteiger partial charge in [-0.25, -0.2) is 0 Å². The van der Waals surface area contributed by atoms with Crippen molar-refractivity contribution in [3.63, 3.8) is 0 Å². The number of nitrogens with zero attached hydrogens (tertiary/aromatic N) is 1. The van der Waals surface area contributed by atoms with Crippen LogP contribution in [0, 0.1) is 5.92 Å². The van der Waals surface area contributed by atoms with E-state index in [2.05, 4.69) is 0 Å². The lowest BCUT2D eigenvalue weighted by Gasteiger charge is -2.21. The van der Waals surface area contributed by atoms with Crippen LogP contribution in [0.15, 0.2) is 30.4 Å². The van der Waals surface area contributed by atoms with Crippen molar-refractivity contribution in [2.75, 3.05) is 7.05 Å². The van der Waals surface area contributed by atoms with Crippen molar-refractivity contribution >= 4 is 29.1 Å². The molecule has 2 atom stereocenters. The molecule has 19 heavy (non-hydrogen) atoms. The van der Waals surface area contributed by atoms with Crippen LogP contribution in [0.2, 0.25) is 10.0 Å². The number of carbonyl (C=O) groups is 1. The maximum Gasteiger partial charge on any atom is 0.229 e. The highest BCUT2D eigenvalue weighted by atomic mass is 35.5. The van der Waals surface area contributed by atoms with E-state index in [0.717, 1.165) is 5.56 Å². The van der Waals surface area contributed by atoms with Gasteiger partial charge in [-0.1, -0.05) is 41.4 Å². The van der Waals surface area contributed by atoms with E-state index in [1.807, 2.05) is 18.2 Å². The summed E-state index contributed by atoms with van der Waals surface area (Å²) >= 11 is 12.0. The normalized spacial score (nSPS) is 21.7. The first-order valence-electron chi connectivity index (χ1n) is 6.10. The third-order valence-corrected chi connectivity index (χ3v) is 3.82. The smallest absolute Gasteiger partial charge is 0.229 e. The van der Waals surface area contributed by atoms with Crippen LogP contribution in [0.5, 0.6) is 0 Å². The number of halogens is 2. The van der Waals surface area contributed by atoms with Crippen LogP contribution in [0.3, 0.4) is 0 Å². The monoisotopic (exact) mass is 298 g/mol. The molecule has 0 saturated carbocycles. The summed E-state index contributed by atoms with van der Waals surface area (Å²) in [5, 5.41) is 1.17. The van der Waals surface area contributed by atoms with Gasteiger partial charge >= 0.3 is 0 Å². The molecule has 2 N–H and O–H groups in total. The first kappa shape index (κ1) is 14.4. The maximum atomic E-state index is 12.2. The third kappa shape index (κ3) is 3.50. The van der Waals surface area contributed by atoms with Crippen molar-refractivity contribution in [1.82, 2.24) is 4.90 Å². The van der Waals surface area contributed by atoms with E-state index >= 15 is 0 Å². The lowest BCUT2D eigenvalue weighted by Crippen LogP contribution is -2.32. The molecule has 0 radical (unpaired) electrons. The molecule has 0 heterocycles. The first-order valence-corrected chi connectivity index (χ1v) is 6.86. The van der Waals surface area contributed by atoms with Crippen molar-refractivity contribution in [2.24, 2.45) is 11.7 Å². The molecular formula is C14H16Cl2N2O. The molecule has 1 aromatic carbocycles. The summed E-state index contributed by atoms with van der Waals surface area (Å²) < 4.78 is 0. The molecule has 0 spiro atoms. The summed E-state index contributed by atoms with van der Waals surface area (Å²) in [6.45, 7) is 0.467. The molecule has 1 aliphatic carbocycles. The van der Waals surface area contributed by atoms with Crippen molar-refractivity contribution < 1.29 is 4.79 Å². The minimum absolute atomic E-state index is 0.0125. The molecular weight excluding hydrogens is 283 g/mol. The van der Waals surface area contributed by atoms with Crippen LogP contribution in [0.1, 0.15) is 12.0 Å². The topological polar surface area (TPSA) is 46.3 Å². The van der Waals surface area contributed by atoms with Crippen LogP contribution in [0.25, 0.3) is 0 Å². The molecule has 3 nitrogen and oxygen atoms in total. The highest BCUT2D eigenvalue weighted by Crippen LogP contribution is 2.24. The van der Waals surface area contributed by atoms with Crippen molar-refractivity contribution in [3.05, 3.63) is 46.0 Å². The number of benzene rings is 1. The second-order valence-corrected chi connectivity index (χ2v) is 5.66. The fourth-order valence-electron chi connectivity index (χ4n) is 2.18. The fourth-order valence-corrected chi connectivity index (χ4v) is 2.65. The van der Waals surface area contributed by atoms with E-state index in [1.165, 1.54) is 0 Å². The Kier molecular flexibility index (Phi) is 4.50. The minimum atomic E-state index is -0.119. The molecule has 5 heteroatoms. The van der Waals surface area contributed by atoms with Crippen molar-refractivity contribution in [2.45, 2.75) is 19.0 Å². The highest BCUT2D eigenvalue weighted by molar-refractivity contribution is 6.35. The number of hydrogen-bond donors (Lipinski definition) is 1. The van der Waals surface area contributed by atoms with Gasteiger partial charge in [0.1, 0.15) is 0 Å². The first-order chi connectivity index (χ1) is 8.97. The third-order valence-electron chi connectivity index (χ3n) is 3.23. The molecule has 0 aromatic heterocycles. The Labute approximate surface area is 123 Å². The minimum Gasteiger partial charge on any atom is -0.341 e. The summed E-state index contributed by atoms with van der Waals surface area (Å²) in [7, 11) is 1.77. The molecule has 1 aliphatic rings.